The van der Waals surface area contributed by atoms with Crippen molar-refractivity contribution in [2.24, 2.45) is 15.0 Å². The monoisotopic (exact) mass is 567 g/mol. The molecule has 9 heteroatoms. The maximum Gasteiger partial charge on any atom is 0.210 e. The van der Waals surface area contributed by atoms with Gasteiger partial charge in [-0.3, -0.25) is 15.4 Å². The first-order chi connectivity index (χ1) is 19.3. The van der Waals surface area contributed by atoms with Gasteiger partial charge in [-0.1, -0.05) is 74.8 Å². The van der Waals surface area contributed by atoms with E-state index < -0.39 is 6.67 Å². The molecule has 1 aromatic rings. The summed E-state index contributed by atoms with van der Waals surface area (Å²) in [4.78, 5) is 19.3. The van der Waals surface area contributed by atoms with Gasteiger partial charge in [0.05, 0.1) is 25.1 Å². The number of alkyl halides is 1. The highest BCUT2D eigenvalue weighted by Gasteiger charge is 2.31. The van der Waals surface area contributed by atoms with Gasteiger partial charge in [-0.25, -0.2) is 14.4 Å². The van der Waals surface area contributed by atoms with Crippen molar-refractivity contribution in [3.63, 3.8) is 0 Å². The van der Waals surface area contributed by atoms with E-state index in [9.17, 15) is 4.39 Å². The normalized spacial score (nSPS) is 14.8. The number of hydrazine groups is 1. The van der Waals surface area contributed by atoms with Crippen LogP contribution in [0.3, 0.4) is 0 Å². The number of rotatable bonds is 5. The summed E-state index contributed by atoms with van der Waals surface area (Å²) >= 11 is 0. The zero-order valence-corrected chi connectivity index (χ0v) is 28.4. The number of imidazole rings is 1. The Hall–Kier alpha value is -2.81. The van der Waals surface area contributed by atoms with E-state index in [2.05, 4.69) is 71.6 Å². The Morgan fingerprint density at radius 1 is 1.20 bits per heavy atom. The number of aliphatic imine (C=N–C) groups is 3. The van der Waals surface area contributed by atoms with E-state index in [0.717, 1.165) is 37.7 Å². The van der Waals surface area contributed by atoms with Crippen molar-refractivity contribution in [2.75, 3.05) is 33.9 Å². The molecule has 1 atom stereocenters. The highest BCUT2D eigenvalue weighted by Crippen LogP contribution is 2.22. The molecule has 40 heavy (non-hydrogen) atoms. The lowest BCUT2D eigenvalue weighted by atomic mass is 10.2. The minimum absolute atomic E-state index is 0.00956. The average Bonchev–Trinajstić information content (AvgIpc) is 3.64. The maximum absolute atomic E-state index is 11.3. The standard InChI is InChI=1S/C15H23N7.C4H8FN.C3H8.C3H6.3C2H6/c1-4-7-20(3)15-18-14-12(2)13(10-21-8-5-16-11-21)17-6-9-22(14)19-15;1-4(3-5)6-2;2*1-3-2;3*1-2/h5-6,8,11,14H,4,7,9-10H2,1-3H3,(H,18,19);3H2,1-2H3;3H2,1-2H3;3H,1H2,2H3;3*1-2H3. The molecule has 1 N–H and O–H groups in total. The van der Waals surface area contributed by atoms with Gasteiger partial charge in [0.1, 0.15) is 12.8 Å². The van der Waals surface area contributed by atoms with E-state index in [4.69, 9.17) is 4.99 Å². The summed E-state index contributed by atoms with van der Waals surface area (Å²) in [5.41, 5.74) is 6.17. The summed E-state index contributed by atoms with van der Waals surface area (Å²) in [5, 5.41) is 2.13. The number of halogens is 1. The van der Waals surface area contributed by atoms with Crippen molar-refractivity contribution in [2.45, 2.75) is 109 Å². The molecule has 3 heterocycles. The van der Waals surface area contributed by atoms with Crippen LogP contribution in [0.1, 0.15) is 95.9 Å². The molecule has 3 rings (SSSR count). The number of hydrogen-bond acceptors (Lipinski definition) is 7. The Morgan fingerprint density at radius 3 is 2.15 bits per heavy atom. The second kappa shape index (κ2) is 32.4. The molecule has 1 aromatic heterocycles. The van der Waals surface area contributed by atoms with Crippen LogP contribution in [0, 0.1) is 0 Å². The molecule has 8 nitrogen and oxygen atoms in total. The Bertz CT molecular complexity index is 798. The van der Waals surface area contributed by atoms with E-state index in [1.165, 1.54) is 12.0 Å². The summed E-state index contributed by atoms with van der Waals surface area (Å²) in [5.74, 6) is 0.934. The molecule has 2 aliphatic heterocycles. The molecule has 0 aliphatic carbocycles. The van der Waals surface area contributed by atoms with Gasteiger partial charge in [-0.05, 0) is 32.8 Å². The largest absolute Gasteiger partial charge is 0.345 e. The second-order valence-corrected chi connectivity index (χ2v) is 7.90. The summed E-state index contributed by atoms with van der Waals surface area (Å²) in [6, 6.07) is 0. The van der Waals surface area contributed by atoms with Crippen molar-refractivity contribution in [3.05, 3.63) is 42.6 Å². The fraction of sp³-hybridized carbons (Fsp3) is 0.677. The van der Waals surface area contributed by atoms with Gasteiger partial charge in [0.2, 0.25) is 5.96 Å². The lowest BCUT2D eigenvalue weighted by molar-refractivity contribution is 0.242. The lowest BCUT2D eigenvalue weighted by Crippen LogP contribution is -2.46. The number of fused-ring (bicyclic) bond motifs is 1. The van der Waals surface area contributed by atoms with Gasteiger partial charge < -0.3 is 9.47 Å². The third-order valence-corrected chi connectivity index (χ3v) is 4.54. The van der Waals surface area contributed by atoms with Crippen molar-refractivity contribution in [3.8, 4) is 0 Å². The van der Waals surface area contributed by atoms with Crippen molar-refractivity contribution >= 4 is 17.9 Å². The van der Waals surface area contributed by atoms with Crippen LogP contribution in [-0.4, -0.2) is 77.4 Å². The number of hydrogen-bond donors (Lipinski definition) is 1. The number of guanidine groups is 1. The molecule has 1 unspecified atom stereocenters. The minimum Gasteiger partial charge on any atom is -0.345 e. The second-order valence-electron chi connectivity index (χ2n) is 7.90. The van der Waals surface area contributed by atoms with E-state index in [1.807, 2.05) is 71.8 Å². The summed E-state index contributed by atoms with van der Waals surface area (Å²) in [6.07, 6.45) is 11.6. The molecule has 0 saturated carbocycles. The maximum atomic E-state index is 11.3. The van der Waals surface area contributed by atoms with Crippen LogP contribution in [-0.2, 0) is 6.54 Å². The van der Waals surface area contributed by atoms with Crippen LogP contribution < -0.4 is 5.43 Å². The molecule has 0 spiro atoms. The molecule has 0 amide bonds. The van der Waals surface area contributed by atoms with Gasteiger partial charge in [-0.2, -0.15) is 5.01 Å². The Morgan fingerprint density at radius 2 is 1.75 bits per heavy atom. The van der Waals surface area contributed by atoms with Gasteiger partial charge >= 0.3 is 0 Å². The Balaban J connectivity index is -0.000000300. The number of allylic oxidation sites excluding steroid dienone is 2. The van der Waals surface area contributed by atoms with E-state index in [-0.39, 0.29) is 6.17 Å². The Kier molecular flexibility index (Phi) is 35.8. The van der Waals surface area contributed by atoms with Gasteiger partial charge in [0.25, 0.3) is 0 Å². The van der Waals surface area contributed by atoms with Gasteiger partial charge in [-0.15, -0.1) is 6.58 Å². The zero-order valence-electron chi connectivity index (χ0n) is 28.4. The van der Waals surface area contributed by atoms with Crippen LogP contribution in [0.15, 0.2) is 57.6 Å². The van der Waals surface area contributed by atoms with Gasteiger partial charge in [0, 0.05) is 45.0 Å². The van der Waals surface area contributed by atoms with Crippen LogP contribution in [0.25, 0.3) is 0 Å². The van der Waals surface area contributed by atoms with Crippen molar-refractivity contribution in [1.29, 1.82) is 0 Å². The van der Waals surface area contributed by atoms with E-state index >= 15 is 0 Å². The molecule has 0 aromatic carbocycles. The summed E-state index contributed by atoms with van der Waals surface area (Å²) in [6.45, 7) is 29.5. The molecule has 0 fully saturated rings. The quantitative estimate of drug-likeness (QED) is 0.291. The molecular formula is C31H63FN8. The average molecular weight is 567 g/mol. The first-order valence-electron chi connectivity index (χ1n) is 14.9. The highest BCUT2D eigenvalue weighted by atomic mass is 19.1. The SMILES string of the molecule is C=CC.CC.CC.CC.CCC.CCCN(C)C1=NC2C(C)=C(Cn3ccnc3)N=CCN2N1.CN=C(C)CF. The molecular weight excluding hydrogens is 503 g/mol. The minimum atomic E-state index is -0.420. The molecule has 0 radical (unpaired) electrons. The van der Waals surface area contributed by atoms with Gasteiger partial charge in [0.15, 0.2) is 0 Å². The molecule has 2 aliphatic rings. The summed E-state index contributed by atoms with van der Waals surface area (Å²) in [7, 11) is 3.65. The van der Waals surface area contributed by atoms with Crippen LogP contribution in [0.4, 0.5) is 4.39 Å². The number of aromatic nitrogens is 2. The van der Waals surface area contributed by atoms with E-state index in [0.29, 0.717) is 5.71 Å². The topological polar surface area (TPSA) is 73.4 Å². The number of nitrogens with zero attached hydrogens (tertiary/aromatic N) is 7. The van der Waals surface area contributed by atoms with Crippen molar-refractivity contribution in [1.82, 2.24) is 24.9 Å². The van der Waals surface area contributed by atoms with E-state index in [1.54, 1.807) is 26.2 Å². The van der Waals surface area contributed by atoms with Crippen LogP contribution in [0.5, 0.6) is 0 Å². The third-order valence-electron chi connectivity index (χ3n) is 4.54. The predicted octanol–water partition coefficient (Wildman–Crippen LogP) is 7.82. The smallest absolute Gasteiger partial charge is 0.210 e. The lowest BCUT2D eigenvalue weighted by Gasteiger charge is -2.22. The summed E-state index contributed by atoms with van der Waals surface area (Å²) < 4.78 is 13.3. The van der Waals surface area contributed by atoms with Crippen LogP contribution >= 0.6 is 0 Å². The fourth-order valence-corrected chi connectivity index (χ4v) is 2.77. The van der Waals surface area contributed by atoms with Crippen LogP contribution in [0.2, 0.25) is 0 Å². The first-order valence-corrected chi connectivity index (χ1v) is 14.9. The molecule has 0 saturated heterocycles. The Labute approximate surface area is 247 Å². The first kappa shape index (κ1) is 44.2. The number of nitrogens with one attached hydrogen (secondary N) is 1. The predicted molar refractivity (Wildman–Crippen MR) is 178 cm³/mol. The molecule has 234 valence electrons. The molecule has 0 bridgehead atoms. The zero-order chi connectivity index (χ0) is 31.9. The third kappa shape index (κ3) is 20.1. The highest BCUT2D eigenvalue weighted by molar-refractivity contribution is 5.82. The van der Waals surface area contributed by atoms with Crippen molar-refractivity contribution < 1.29 is 4.39 Å². The fourth-order valence-electron chi connectivity index (χ4n) is 2.77.